The van der Waals surface area contributed by atoms with Crippen molar-refractivity contribution in [1.82, 2.24) is 14.8 Å². The summed E-state index contributed by atoms with van der Waals surface area (Å²) in [5.41, 5.74) is 1.41. The summed E-state index contributed by atoms with van der Waals surface area (Å²) in [6.45, 7) is 16.7. The van der Waals surface area contributed by atoms with E-state index in [0.29, 0.717) is 12.0 Å². The molecule has 0 spiro atoms. The van der Waals surface area contributed by atoms with Crippen molar-refractivity contribution < 1.29 is 0 Å². The van der Waals surface area contributed by atoms with Crippen LogP contribution in [-0.2, 0) is 6.54 Å². The Kier molecular flexibility index (Phi) is 7.17. The zero-order chi connectivity index (χ0) is 14.3. The molecule has 0 saturated heterocycles. The van der Waals surface area contributed by atoms with Crippen molar-refractivity contribution in [3.63, 3.8) is 0 Å². The van der Waals surface area contributed by atoms with Crippen LogP contribution in [0.3, 0.4) is 0 Å². The molecule has 19 heavy (non-hydrogen) atoms. The first-order valence-corrected chi connectivity index (χ1v) is 7.73. The molecule has 1 aromatic rings. The second kappa shape index (κ2) is 8.39. The Balaban J connectivity index is 2.60. The third-order valence-corrected chi connectivity index (χ3v) is 3.79. The quantitative estimate of drug-likeness (QED) is 0.740. The largest absolute Gasteiger partial charge is 0.353 e. The lowest BCUT2D eigenvalue weighted by molar-refractivity contribution is 0.290. The molecule has 1 atom stereocenters. The van der Waals surface area contributed by atoms with Crippen LogP contribution in [-0.4, -0.2) is 35.6 Å². The Morgan fingerprint density at radius 3 is 2.42 bits per heavy atom. The Hall–Kier alpha value is -0.800. The number of hydrogen-bond donors (Lipinski definition) is 1. The standard InChI is InChI=1S/C16H31N3/c1-6-17-16(14(4)5)15-9-10-19(13-15)12-11-18(7-2)8-3/h9-10,13-14,16-17H,6-8,11-12H2,1-5H3. The van der Waals surface area contributed by atoms with Crippen molar-refractivity contribution in [3.05, 3.63) is 24.0 Å². The minimum atomic E-state index is 0.472. The minimum absolute atomic E-state index is 0.472. The molecule has 0 aliphatic heterocycles. The fourth-order valence-corrected chi connectivity index (χ4v) is 2.54. The second-order valence-electron chi connectivity index (χ2n) is 5.49. The Bertz CT molecular complexity index is 340. The number of rotatable bonds is 9. The average Bonchev–Trinajstić information content (AvgIpc) is 2.85. The molecule has 1 unspecified atom stereocenters. The number of hydrogen-bond acceptors (Lipinski definition) is 2. The van der Waals surface area contributed by atoms with Crippen LogP contribution in [0.1, 0.15) is 46.2 Å². The summed E-state index contributed by atoms with van der Waals surface area (Å²) >= 11 is 0. The normalized spacial score (nSPS) is 13.4. The number of nitrogens with one attached hydrogen (secondary N) is 1. The summed E-state index contributed by atoms with van der Waals surface area (Å²) in [7, 11) is 0. The smallest absolute Gasteiger partial charge is 0.0358 e. The van der Waals surface area contributed by atoms with Crippen LogP contribution in [0, 0.1) is 5.92 Å². The molecule has 3 nitrogen and oxygen atoms in total. The number of likely N-dealkylation sites (N-methyl/N-ethyl adjacent to an activating group) is 1. The Morgan fingerprint density at radius 2 is 1.89 bits per heavy atom. The summed E-state index contributed by atoms with van der Waals surface area (Å²) in [5.74, 6) is 0.624. The third-order valence-electron chi connectivity index (χ3n) is 3.79. The van der Waals surface area contributed by atoms with E-state index in [0.717, 1.165) is 32.7 Å². The van der Waals surface area contributed by atoms with E-state index >= 15 is 0 Å². The van der Waals surface area contributed by atoms with Gasteiger partial charge in [0.15, 0.2) is 0 Å². The molecule has 0 radical (unpaired) electrons. The lowest BCUT2D eigenvalue weighted by atomic mass is 9.98. The van der Waals surface area contributed by atoms with Crippen LogP contribution in [0.25, 0.3) is 0 Å². The molecule has 1 rings (SSSR count). The summed E-state index contributed by atoms with van der Waals surface area (Å²) in [6, 6.07) is 2.73. The predicted octanol–water partition coefficient (Wildman–Crippen LogP) is 3.14. The molecule has 0 aromatic carbocycles. The lowest BCUT2D eigenvalue weighted by Gasteiger charge is -2.21. The molecule has 0 aliphatic carbocycles. The molecule has 1 aromatic heterocycles. The van der Waals surface area contributed by atoms with E-state index < -0.39 is 0 Å². The molecular formula is C16H31N3. The molecule has 1 heterocycles. The third kappa shape index (κ3) is 5.00. The van der Waals surface area contributed by atoms with Crippen molar-refractivity contribution in [3.8, 4) is 0 Å². The van der Waals surface area contributed by atoms with Gasteiger partial charge in [0.2, 0.25) is 0 Å². The molecular weight excluding hydrogens is 234 g/mol. The highest BCUT2D eigenvalue weighted by atomic mass is 15.1. The molecule has 0 saturated carbocycles. The molecule has 0 bridgehead atoms. The molecule has 0 fully saturated rings. The molecule has 0 amide bonds. The first kappa shape index (κ1) is 16.3. The maximum absolute atomic E-state index is 3.58. The van der Waals surface area contributed by atoms with Gasteiger partial charge in [-0.1, -0.05) is 34.6 Å². The highest BCUT2D eigenvalue weighted by molar-refractivity contribution is 5.16. The van der Waals surface area contributed by atoms with Crippen LogP contribution >= 0.6 is 0 Å². The molecule has 3 heteroatoms. The van der Waals surface area contributed by atoms with Crippen molar-refractivity contribution >= 4 is 0 Å². The predicted molar refractivity (Wildman–Crippen MR) is 83.5 cm³/mol. The van der Waals surface area contributed by atoms with Gasteiger partial charge >= 0.3 is 0 Å². The van der Waals surface area contributed by atoms with Crippen LogP contribution in [0.4, 0.5) is 0 Å². The van der Waals surface area contributed by atoms with E-state index in [2.05, 4.69) is 67.9 Å². The van der Waals surface area contributed by atoms with Crippen molar-refractivity contribution in [2.24, 2.45) is 5.92 Å². The highest BCUT2D eigenvalue weighted by Gasteiger charge is 2.15. The zero-order valence-corrected chi connectivity index (χ0v) is 13.3. The van der Waals surface area contributed by atoms with Crippen LogP contribution < -0.4 is 5.32 Å². The van der Waals surface area contributed by atoms with Crippen molar-refractivity contribution in [2.45, 2.75) is 47.2 Å². The van der Waals surface area contributed by atoms with Crippen LogP contribution in [0.5, 0.6) is 0 Å². The molecule has 110 valence electrons. The average molecular weight is 265 g/mol. The van der Waals surface area contributed by atoms with E-state index in [9.17, 15) is 0 Å². The van der Waals surface area contributed by atoms with Gasteiger partial charge in [0.05, 0.1) is 0 Å². The fraction of sp³-hybridized carbons (Fsp3) is 0.750. The summed E-state index contributed by atoms with van der Waals surface area (Å²) in [6.07, 6.45) is 4.52. The van der Waals surface area contributed by atoms with E-state index in [1.54, 1.807) is 0 Å². The van der Waals surface area contributed by atoms with Gasteiger partial charge in [-0.3, -0.25) is 0 Å². The summed E-state index contributed by atoms with van der Waals surface area (Å²) < 4.78 is 2.32. The Labute approximate surface area is 119 Å². The van der Waals surface area contributed by atoms with E-state index in [-0.39, 0.29) is 0 Å². The van der Waals surface area contributed by atoms with Gasteiger partial charge in [-0.05, 0) is 37.2 Å². The summed E-state index contributed by atoms with van der Waals surface area (Å²) in [5, 5.41) is 3.58. The van der Waals surface area contributed by atoms with Crippen molar-refractivity contribution in [2.75, 3.05) is 26.2 Å². The van der Waals surface area contributed by atoms with Crippen molar-refractivity contribution in [1.29, 1.82) is 0 Å². The van der Waals surface area contributed by atoms with Gasteiger partial charge in [-0.25, -0.2) is 0 Å². The maximum atomic E-state index is 3.58. The zero-order valence-electron chi connectivity index (χ0n) is 13.3. The van der Waals surface area contributed by atoms with Gasteiger partial charge in [0.1, 0.15) is 0 Å². The number of nitrogens with zero attached hydrogens (tertiary/aromatic N) is 2. The van der Waals surface area contributed by atoms with E-state index in [1.807, 2.05) is 0 Å². The van der Waals surface area contributed by atoms with E-state index in [1.165, 1.54) is 5.56 Å². The van der Waals surface area contributed by atoms with Gasteiger partial charge in [-0.2, -0.15) is 0 Å². The number of aromatic nitrogens is 1. The maximum Gasteiger partial charge on any atom is 0.0358 e. The highest BCUT2D eigenvalue weighted by Crippen LogP contribution is 2.21. The van der Waals surface area contributed by atoms with Crippen LogP contribution in [0.15, 0.2) is 18.5 Å². The second-order valence-corrected chi connectivity index (χ2v) is 5.49. The Morgan fingerprint density at radius 1 is 1.21 bits per heavy atom. The lowest BCUT2D eigenvalue weighted by Crippen LogP contribution is -2.27. The summed E-state index contributed by atoms with van der Waals surface area (Å²) in [4.78, 5) is 2.46. The van der Waals surface area contributed by atoms with Crippen LogP contribution in [0.2, 0.25) is 0 Å². The van der Waals surface area contributed by atoms with Gasteiger partial charge in [0, 0.05) is 31.5 Å². The minimum Gasteiger partial charge on any atom is -0.353 e. The van der Waals surface area contributed by atoms with Gasteiger partial charge in [0.25, 0.3) is 0 Å². The molecule has 0 aliphatic rings. The topological polar surface area (TPSA) is 20.2 Å². The van der Waals surface area contributed by atoms with Gasteiger partial charge in [-0.15, -0.1) is 0 Å². The first-order valence-electron chi connectivity index (χ1n) is 7.73. The van der Waals surface area contributed by atoms with E-state index in [4.69, 9.17) is 0 Å². The SMILES string of the molecule is CCNC(c1ccn(CCN(CC)CC)c1)C(C)C. The monoisotopic (exact) mass is 265 g/mol. The van der Waals surface area contributed by atoms with Gasteiger partial charge < -0.3 is 14.8 Å². The fourth-order valence-electron chi connectivity index (χ4n) is 2.54. The molecule has 1 N–H and O–H groups in total. The first-order chi connectivity index (χ1) is 9.12.